The van der Waals surface area contributed by atoms with Crippen LogP contribution in [0.15, 0.2) is 54.7 Å². The highest BCUT2D eigenvalue weighted by Gasteiger charge is 2.38. The second-order valence-electron chi connectivity index (χ2n) is 7.90. The Morgan fingerprint density at radius 2 is 1.83 bits per heavy atom. The van der Waals surface area contributed by atoms with Gasteiger partial charge >= 0.3 is 12.1 Å². The number of ether oxygens (including phenoxy) is 1. The molecule has 0 radical (unpaired) electrons. The lowest BCUT2D eigenvalue weighted by atomic mass is 10.1. The summed E-state index contributed by atoms with van der Waals surface area (Å²) in [5.74, 6) is -4.16. The van der Waals surface area contributed by atoms with Gasteiger partial charge < -0.3 is 20.3 Å². The van der Waals surface area contributed by atoms with Crippen LogP contribution in [0.5, 0.6) is 5.75 Å². The molecule has 12 heteroatoms. The zero-order chi connectivity index (χ0) is 26.3. The van der Waals surface area contributed by atoms with Crippen molar-refractivity contribution in [2.75, 3.05) is 13.2 Å². The van der Waals surface area contributed by atoms with Gasteiger partial charge in [0.05, 0.1) is 25.3 Å². The molecule has 1 amide bonds. The second kappa shape index (κ2) is 11.7. The number of amides is 1. The molecule has 36 heavy (non-hydrogen) atoms. The third kappa shape index (κ3) is 7.54. The number of fused-ring (bicyclic) bond motifs is 1. The number of nitrogens with zero attached hydrogens (tertiary/aromatic N) is 2. The van der Waals surface area contributed by atoms with E-state index in [1.54, 1.807) is 0 Å². The molecule has 0 spiro atoms. The van der Waals surface area contributed by atoms with Gasteiger partial charge in [0.2, 0.25) is 5.91 Å². The second-order valence-corrected chi connectivity index (χ2v) is 7.90. The van der Waals surface area contributed by atoms with Crippen molar-refractivity contribution < 1.29 is 42.1 Å². The summed E-state index contributed by atoms with van der Waals surface area (Å²) in [4.78, 5) is 21.1. The highest BCUT2D eigenvalue weighted by molar-refractivity contribution is 5.78. The normalized spacial score (nSPS) is 14.8. The molecule has 1 atom stereocenters. The van der Waals surface area contributed by atoms with Gasteiger partial charge in [-0.15, -0.1) is 0 Å². The van der Waals surface area contributed by atoms with Gasteiger partial charge in [-0.05, 0) is 35.2 Å². The maximum atomic E-state index is 13.4. The number of aliphatic carboxylic acids is 1. The minimum Gasteiger partial charge on any atom is -0.505 e. The van der Waals surface area contributed by atoms with Crippen molar-refractivity contribution in [3.63, 3.8) is 0 Å². The SMILES string of the molecule is O=C(Cc1ccc(O)c(F)c1)NCC1OCCc2cn(Cc3ccccc3)nc21.O=C(O)C(F)(F)F. The van der Waals surface area contributed by atoms with Gasteiger partial charge in [-0.3, -0.25) is 9.48 Å². The molecule has 0 saturated carbocycles. The number of hydrogen-bond donors (Lipinski definition) is 3. The van der Waals surface area contributed by atoms with E-state index in [2.05, 4.69) is 22.5 Å². The van der Waals surface area contributed by atoms with Crippen LogP contribution < -0.4 is 5.32 Å². The van der Waals surface area contributed by atoms with Crippen molar-refractivity contribution in [2.45, 2.75) is 31.7 Å². The lowest BCUT2D eigenvalue weighted by Gasteiger charge is -2.22. The van der Waals surface area contributed by atoms with Crippen molar-refractivity contribution >= 4 is 11.9 Å². The molecular weight excluding hydrogens is 486 g/mol. The molecule has 4 rings (SSSR count). The van der Waals surface area contributed by atoms with Crippen LogP contribution in [0.2, 0.25) is 0 Å². The van der Waals surface area contributed by atoms with Gasteiger partial charge in [0, 0.05) is 12.7 Å². The fourth-order valence-corrected chi connectivity index (χ4v) is 3.45. The van der Waals surface area contributed by atoms with Crippen LogP contribution in [0.3, 0.4) is 0 Å². The smallest absolute Gasteiger partial charge is 0.490 e. The lowest BCUT2D eigenvalue weighted by Crippen LogP contribution is -2.32. The van der Waals surface area contributed by atoms with Crippen molar-refractivity contribution in [2.24, 2.45) is 0 Å². The number of rotatable bonds is 6. The third-order valence-corrected chi connectivity index (χ3v) is 5.16. The predicted octanol–water partition coefficient (Wildman–Crippen LogP) is 3.38. The number of aromatic nitrogens is 2. The first-order valence-electron chi connectivity index (χ1n) is 10.8. The number of carbonyl (C=O) groups excluding carboxylic acids is 1. The molecule has 3 aromatic rings. The van der Waals surface area contributed by atoms with Crippen LogP contribution in [-0.2, 0) is 33.7 Å². The molecule has 1 unspecified atom stereocenters. The monoisotopic (exact) mass is 509 g/mol. The molecule has 1 aliphatic rings. The summed E-state index contributed by atoms with van der Waals surface area (Å²) in [6, 6.07) is 14.0. The number of carbonyl (C=O) groups is 2. The molecular formula is C24H23F4N3O5. The molecule has 0 aliphatic carbocycles. The zero-order valence-electron chi connectivity index (χ0n) is 18.8. The van der Waals surface area contributed by atoms with Crippen LogP contribution in [-0.4, -0.2) is 51.2 Å². The molecule has 0 fully saturated rings. The average molecular weight is 509 g/mol. The maximum absolute atomic E-state index is 13.4. The lowest BCUT2D eigenvalue weighted by molar-refractivity contribution is -0.192. The molecule has 8 nitrogen and oxygen atoms in total. The molecule has 2 aromatic carbocycles. The fraction of sp³-hybridized carbons (Fsp3) is 0.292. The quantitative estimate of drug-likeness (QED) is 0.439. The van der Waals surface area contributed by atoms with E-state index in [0.29, 0.717) is 25.3 Å². The van der Waals surface area contributed by atoms with Gasteiger partial charge in [-0.2, -0.15) is 18.3 Å². The Morgan fingerprint density at radius 3 is 2.47 bits per heavy atom. The topological polar surface area (TPSA) is 114 Å². The van der Waals surface area contributed by atoms with Crippen molar-refractivity contribution in [3.05, 3.63) is 82.9 Å². The summed E-state index contributed by atoms with van der Waals surface area (Å²) in [5.41, 5.74) is 3.64. The Hall–Kier alpha value is -3.93. The Labute approximate surface area is 203 Å². The molecule has 0 bridgehead atoms. The zero-order valence-corrected chi connectivity index (χ0v) is 18.8. The third-order valence-electron chi connectivity index (χ3n) is 5.16. The van der Waals surface area contributed by atoms with E-state index in [0.717, 1.165) is 23.7 Å². The number of carboxylic acid groups (broad SMARTS) is 1. The van der Waals surface area contributed by atoms with Crippen LogP contribution in [0.1, 0.15) is 28.5 Å². The maximum Gasteiger partial charge on any atom is 0.490 e. The van der Waals surface area contributed by atoms with Crippen LogP contribution in [0.4, 0.5) is 17.6 Å². The number of aromatic hydroxyl groups is 1. The van der Waals surface area contributed by atoms with Crippen LogP contribution >= 0.6 is 0 Å². The van der Waals surface area contributed by atoms with E-state index in [-0.39, 0.29) is 18.4 Å². The van der Waals surface area contributed by atoms with Gasteiger partial charge in [0.25, 0.3) is 0 Å². The van der Waals surface area contributed by atoms with E-state index in [1.165, 1.54) is 17.7 Å². The highest BCUT2D eigenvalue weighted by Crippen LogP contribution is 2.25. The summed E-state index contributed by atoms with van der Waals surface area (Å²) in [6.07, 6.45) is -2.53. The van der Waals surface area contributed by atoms with Gasteiger partial charge in [0.1, 0.15) is 6.10 Å². The minimum absolute atomic E-state index is 0.0270. The summed E-state index contributed by atoms with van der Waals surface area (Å²) in [6.45, 7) is 1.56. The first kappa shape index (κ1) is 26.7. The number of benzene rings is 2. The Morgan fingerprint density at radius 1 is 1.14 bits per heavy atom. The van der Waals surface area contributed by atoms with E-state index in [4.69, 9.17) is 14.6 Å². The number of halogens is 4. The van der Waals surface area contributed by atoms with E-state index < -0.39 is 23.7 Å². The van der Waals surface area contributed by atoms with E-state index in [9.17, 15) is 27.5 Å². The van der Waals surface area contributed by atoms with E-state index in [1.807, 2.05) is 29.1 Å². The Bertz CT molecular complexity index is 1200. The number of nitrogens with one attached hydrogen (secondary N) is 1. The molecule has 3 N–H and O–H groups in total. The number of alkyl halides is 3. The van der Waals surface area contributed by atoms with Crippen molar-refractivity contribution in [3.8, 4) is 5.75 Å². The highest BCUT2D eigenvalue weighted by atomic mass is 19.4. The fourth-order valence-electron chi connectivity index (χ4n) is 3.45. The first-order valence-corrected chi connectivity index (χ1v) is 10.8. The molecule has 2 heterocycles. The largest absolute Gasteiger partial charge is 0.505 e. The number of carboxylic acids is 1. The molecule has 0 saturated heterocycles. The summed E-state index contributed by atoms with van der Waals surface area (Å²) < 4.78 is 52.9. The Kier molecular flexibility index (Phi) is 8.64. The predicted molar refractivity (Wildman–Crippen MR) is 119 cm³/mol. The molecule has 1 aliphatic heterocycles. The Balaban J connectivity index is 0.000000454. The van der Waals surface area contributed by atoms with E-state index >= 15 is 0 Å². The van der Waals surface area contributed by atoms with Crippen LogP contribution in [0.25, 0.3) is 0 Å². The van der Waals surface area contributed by atoms with Gasteiger partial charge in [-0.1, -0.05) is 36.4 Å². The van der Waals surface area contributed by atoms with Crippen molar-refractivity contribution in [1.29, 1.82) is 0 Å². The van der Waals surface area contributed by atoms with Gasteiger partial charge in [-0.25, -0.2) is 9.18 Å². The number of phenols is 1. The summed E-state index contributed by atoms with van der Waals surface area (Å²) in [7, 11) is 0. The molecule has 192 valence electrons. The first-order chi connectivity index (χ1) is 17.0. The molecule has 1 aromatic heterocycles. The van der Waals surface area contributed by atoms with Crippen LogP contribution in [0, 0.1) is 5.82 Å². The summed E-state index contributed by atoms with van der Waals surface area (Å²) in [5, 5.41) is 23.9. The minimum atomic E-state index is -5.08. The number of phenolic OH excluding ortho intramolecular Hbond substituents is 1. The standard InChI is InChI=1S/C22H22FN3O3.C2HF3O2/c23-18-10-16(6-7-19(18)27)11-21(28)24-12-20-22-17(8-9-29-20)14-26(25-22)13-15-4-2-1-3-5-15;3-2(4,5)1(6)7/h1-7,10,14,20,27H,8-9,11-13H2,(H,24,28);(H,6,7). The summed E-state index contributed by atoms with van der Waals surface area (Å²) >= 11 is 0. The van der Waals surface area contributed by atoms with Gasteiger partial charge in [0.15, 0.2) is 11.6 Å². The van der Waals surface area contributed by atoms with Crippen molar-refractivity contribution in [1.82, 2.24) is 15.1 Å². The average Bonchev–Trinajstić information content (AvgIpc) is 3.23. The number of hydrogen-bond acceptors (Lipinski definition) is 5.